The quantitative estimate of drug-likeness (QED) is 0.555. The molecule has 1 aliphatic heterocycles. The van der Waals surface area contributed by atoms with Crippen molar-refractivity contribution in [3.05, 3.63) is 47.0 Å². The summed E-state index contributed by atoms with van der Waals surface area (Å²) in [7, 11) is 1.63. The Kier molecular flexibility index (Phi) is 6.91. The van der Waals surface area contributed by atoms with Gasteiger partial charge >= 0.3 is 0 Å². The van der Waals surface area contributed by atoms with Crippen LogP contribution >= 0.6 is 0 Å². The lowest BCUT2D eigenvalue weighted by molar-refractivity contribution is 0.177. The molecule has 9 heteroatoms. The molecule has 28 heavy (non-hydrogen) atoms. The molecule has 1 aromatic heterocycles. The van der Waals surface area contributed by atoms with E-state index in [1.54, 1.807) is 7.11 Å². The third-order valence-corrected chi connectivity index (χ3v) is 4.53. The van der Waals surface area contributed by atoms with Gasteiger partial charge in [-0.25, -0.2) is 18.4 Å². The smallest absolute Gasteiger partial charge is 0.191 e. The summed E-state index contributed by atoms with van der Waals surface area (Å²) in [5, 5.41) is 11.1. The lowest BCUT2D eigenvalue weighted by atomic mass is 10.1. The highest BCUT2D eigenvalue weighted by atomic mass is 19.1. The number of benzene rings is 1. The van der Waals surface area contributed by atoms with Crippen LogP contribution in [0.25, 0.3) is 0 Å². The molecule has 3 rings (SSSR count). The maximum absolute atomic E-state index is 13.7. The Morgan fingerprint density at radius 2 is 2.25 bits per heavy atom. The SMILES string of the molecule is CCNC(=NCCc1ccc(F)cc1F)NC1CCc2nc(COC)nn2C1. The van der Waals surface area contributed by atoms with Gasteiger partial charge in [-0.05, 0) is 31.4 Å². The summed E-state index contributed by atoms with van der Waals surface area (Å²) >= 11 is 0. The largest absolute Gasteiger partial charge is 0.377 e. The monoisotopic (exact) mass is 392 g/mol. The maximum Gasteiger partial charge on any atom is 0.191 e. The van der Waals surface area contributed by atoms with Crippen LogP contribution < -0.4 is 10.6 Å². The van der Waals surface area contributed by atoms with Gasteiger partial charge in [-0.2, -0.15) is 5.10 Å². The predicted octanol–water partition coefficient (Wildman–Crippen LogP) is 1.82. The molecule has 0 amide bonds. The number of guanidine groups is 1. The second kappa shape index (κ2) is 9.59. The molecule has 0 fully saturated rings. The van der Waals surface area contributed by atoms with Crippen molar-refractivity contribution >= 4 is 5.96 Å². The van der Waals surface area contributed by atoms with Crippen LogP contribution in [0.15, 0.2) is 23.2 Å². The third-order valence-electron chi connectivity index (χ3n) is 4.53. The fraction of sp³-hybridized carbons (Fsp3) is 0.526. The third kappa shape index (κ3) is 5.25. The minimum Gasteiger partial charge on any atom is -0.377 e. The number of aliphatic imine (C=N–C) groups is 1. The molecule has 0 saturated carbocycles. The molecule has 0 bridgehead atoms. The van der Waals surface area contributed by atoms with Crippen LogP contribution in [0.2, 0.25) is 0 Å². The summed E-state index contributed by atoms with van der Waals surface area (Å²) in [6.07, 6.45) is 2.15. The zero-order valence-electron chi connectivity index (χ0n) is 16.2. The number of hydrogen-bond acceptors (Lipinski definition) is 4. The molecule has 7 nitrogen and oxygen atoms in total. The van der Waals surface area contributed by atoms with Crippen molar-refractivity contribution in [2.75, 3.05) is 20.2 Å². The van der Waals surface area contributed by atoms with Crippen LogP contribution in [0.4, 0.5) is 8.78 Å². The van der Waals surface area contributed by atoms with Gasteiger partial charge in [-0.1, -0.05) is 6.07 Å². The van der Waals surface area contributed by atoms with Gasteiger partial charge in [0.15, 0.2) is 11.8 Å². The van der Waals surface area contributed by atoms with Crippen LogP contribution in [-0.4, -0.2) is 47.0 Å². The van der Waals surface area contributed by atoms with Gasteiger partial charge in [0.2, 0.25) is 0 Å². The number of hydrogen-bond donors (Lipinski definition) is 2. The molecular weight excluding hydrogens is 366 g/mol. The first-order chi connectivity index (χ1) is 13.6. The van der Waals surface area contributed by atoms with E-state index in [1.165, 1.54) is 12.1 Å². The molecular formula is C19H26F2N6O. The lowest BCUT2D eigenvalue weighted by Crippen LogP contribution is -2.47. The highest BCUT2D eigenvalue weighted by molar-refractivity contribution is 5.80. The van der Waals surface area contributed by atoms with Gasteiger partial charge in [0.1, 0.15) is 24.1 Å². The van der Waals surface area contributed by atoms with Crippen LogP contribution in [0.3, 0.4) is 0 Å². The minimum absolute atomic E-state index is 0.171. The fourth-order valence-electron chi connectivity index (χ4n) is 3.19. The molecule has 0 saturated heterocycles. The zero-order valence-corrected chi connectivity index (χ0v) is 16.2. The van der Waals surface area contributed by atoms with Crippen LogP contribution in [0.5, 0.6) is 0 Å². The molecule has 152 valence electrons. The van der Waals surface area contributed by atoms with E-state index >= 15 is 0 Å². The van der Waals surface area contributed by atoms with Crippen LogP contribution in [0, 0.1) is 11.6 Å². The molecule has 1 aliphatic rings. The van der Waals surface area contributed by atoms with E-state index in [0.717, 1.165) is 31.3 Å². The van der Waals surface area contributed by atoms with Gasteiger partial charge in [-0.3, -0.25) is 4.99 Å². The second-order valence-corrected chi connectivity index (χ2v) is 6.69. The molecule has 0 aliphatic carbocycles. The Morgan fingerprint density at radius 1 is 1.39 bits per heavy atom. The first-order valence-corrected chi connectivity index (χ1v) is 9.49. The Morgan fingerprint density at radius 3 is 3.00 bits per heavy atom. The predicted molar refractivity (Wildman–Crippen MR) is 102 cm³/mol. The van der Waals surface area contributed by atoms with Crippen LogP contribution in [-0.2, 0) is 30.7 Å². The molecule has 1 unspecified atom stereocenters. The summed E-state index contributed by atoms with van der Waals surface area (Å²) in [5.74, 6) is 1.23. The molecule has 1 aromatic carbocycles. The van der Waals surface area contributed by atoms with Crippen molar-refractivity contribution in [2.24, 2.45) is 4.99 Å². The van der Waals surface area contributed by atoms with E-state index < -0.39 is 11.6 Å². The van der Waals surface area contributed by atoms with Gasteiger partial charge in [0.05, 0.1) is 6.54 Å². The standard InChI is InChI=1S/C19H26F2N6O/c1-3-22-19(23-9-8-13-4-5-14(20)10-16(13)21)24-15-6-7-18-25-17(12-28-2)26-27(18)11-15/h4-5,10,15H,3,6-9,11-12H2,1-2H3,(H2,22,23,24). The zero-order chi connectivity index (χ0) is 19.9. The van der Waals surface area contributed by atoms with Crippen molar-refractivity contribution in [3.63, 3.8) is 0 Å². The highest BCUT2D eigenvalue weighted by Gasteiger charge is 2.22. The van der Waals surface area contributed by atoms with Crippen molar-refractivity contribution in [2.45, 2.75) is 45.4 Å². The first-order valence-electron chi connectivity index (χ1n) is 9.49. The topological polar surface area (TPSA) is 76.4 Å². The molecule has 2 aromatic rings. The number of rotatable bonds is 7. The normalized spacial score (nSPS) is 16.7. The average molecular weight is 392 g/mol. The van der Waals surface area contributed by atoms with Gasteiger partial charge in [0, 0.05) is 38.7 Å². The van der Waals surface area contributed by atoms with E-state index in [0.29, 0.717) is 43.5 Å². The fourth-order valence-corrected chi connectivity index (χ4v) is 3.19. The Hall–Kier alpha value is -2.55. The molecule has 2 heterocycles. The maximum atomic E-state index is 13.7. The van der Waals surface area contributed by atoms with Gasteiger partial charge in [0.25, 0.3) is 0 Å². The Bertz CT molecular complexity index is 823. The van der Waals surface area contributed by atoms with E-state index in [9.17, 15) is 8.78 Å². The summed E-state index contributed by atoms with van der Waals surface area (Å²) < 4.78 is 33.8. The van der Waals surface area contributed by atoms with Gasteiger partial charge in [-0.15, -0.1) is 0 Å². The van der Waals surface area contributed by atoms with Crippen LogP contribution in [0.1, 0.15) is 30.6 Å². The van der Waals surface area contributed by atoms with Crippen molar-refractivity contribution < 1.29 is 13.5 Å². The number of nitrogens with zero attached hydrogens (tertiary/aromatic N) is 4. The van der Waals surface area contributed by atoms with E-state index in [-0.39, 0.29) is 6.04 Å². The first kappa shape index (κ1) is 20.2. The lowest BCUT2D eigenvalue weighted by Gasteiger charge is -2.25. The van der Waals surface area contributed by atoms with E-state index in [1.807, 2.05) is 11.6 Å². The molecule has 0 radical (unpaired) electrons. The number of methoxy groups -OCH3 is 1. The number of ether oxygens (including phenoxy) is 1. The summed E-state index contributed by atoms with van der Waals surface area (Å²) in [5.41, 5.74) is 0.455. The summed E-state index contributed by atoms with van der Waals surface area (Å²) in [6.45, 7) is 4.21. The second-order valence-electron chi connectivity index (χ2n) is 6.69. The summed E-state index contributed by atoms with van der Waals surface area (Å²) in [4.78, 5) is 9.00. The number of nitrogens with one attached hydrogen (secondary N) is 2. The number of aromatic nitrogens is 3. The Labute approximate surface area is 163 Å². The minimum atomic E-state index is -0.571. The average Bonchev–Trinajstić information content (AvgIpc) is 3.05. The van der Waals surface area contributed by atoms with E-state index in [4.69, 9.17) is 4.74 Å². The van der Waals surface area contributed by atoms with Crippen molar-refractivity contribution in [1.82, 2.24) is 25.4 Å². The number of aryl methyl sites for hydroxylation is 1. The van der Waals surface area contributed by atoms with Crippen molar-refractivity contribution in [3.8, 4) is 0 Å². The van der Waals surface area contributed by atoms with E-state index in [2.05, 4.69) is 25.7 Å². The molecule has 1 atom stereocenters. The Balaban J connectivity index is 1.58. The number of halogens is 2. The number of fused-ring (bicyclic) bond motifs is 1. The molecule has 2 N–H and O–H groups in total. The molecule has 0 spiro atoms. The van der Waals surface area contributed by atoms with Gasteiger partial charge < -0.3 is 15.4 Å². The van der Waals surface area contributed by atoms with Crippen molar-refractivity contribution in [1.29, 1.82) is 0 Å². The highest BCUT2D eigenvalue weighted by Crippen LogP contribution is 2.14. The summed E-state index contributed by atoms with van der Waals surface area (Å²) in [6, 6.07) is 3.80.